The van der Waals surface area contributed by atoms with Crippen molar-refractivity contribution in [3.63, 3.8) is 0 Å². The van der Waals surface area contributed by atoms with Crippen LogP contribution < -0.4 is 0 Å². The fourth-order valence-corrected chi connectivity index (χ4v) is 3.83. The molecule has 1 amide bonds. The van der Waals surface area contributed by atoms with Crippen LogP contribution in [0.15, 0.2) is 0 Å². The number of hydrogen-bond acceptors (Lipinski definition) is 4. The van der Waals surface area contributed by atoms with E-state index in [9.17, 15) is 9.90 Å². The molecule has 5 heteroatoms. The monoisotopic (exact) mass is 327 g/mol. The summed E-state index contributed by atoms with van der Waals surface area (Å²) in [5.74, 6) is 0.000618. The standard InChI is InChI=1S/C18H33NO4/c1-6-11-19(13(2)20)16(21)15-12-22-18(23-15)9-7-14(8-10-18)17(3,4)5/h14-16,21H,6-12H2,1-5H3. The van der Waals surface area contributed by atoms with Crippen LogP contribution in [0.2, 0.25) is 0 Å². The summed E-state index contributed by atoms with van der Waals surface area (Å²) in [6, 6.07) is 0. The van der Waals surface area contributed by atoms with Gasteiger partial charge >= 0.3 is 0 Å². The molecular weight excluding hydrogens is 294 g/mol. The van der Waals surface area contributed by atoms with E-state index < -0.39 is 18.1 Å². The van der Waals surface area contributed by atoms with Crippen molar-refractivity contribution in [1.29, 1.82) is 0 Å². The minimum Gasteiger partial charge on any atom is -0.371 e. The number of aliphatic hydroxyl groups excluding tert-OH is 1. The third kappa shape index (κ3) is 4.25. The van der Waals surface area contributed by atoms with Gasteiger partial charge in [-0.25, -0.2) is 0 Å². The van der Waals surface area contributed by atoms with Gasteiger partial charge < -0.3 is 19.5 Å². The molecule has 0 aromatic carbocycles. The van der Waals surface area contributed by atoms with Crippen LogP contribution in [0.5, 0.6) is 0 Å². The first-order chi connectivity index (χ1) is 10.7. The average molecular weight is 327 g/mol. The molecule has 1 heterocycles. The van der Waals surface area contributed by atoms with Gasteiger partial charge in [0.05, 0.1) is 6.61 Å². The molecule has 2 unspecified atom stereocenters. The van der Waals surface area contributed by atoms with Crippen LogP contribution in [0.4, 0.5) is 0 Å². The van der Waals surface area contributed by atoms with E-state index in [-0.39, 0.29) is 5.91 Å². The molecule has 1 aliphatic carbocycles. The molecule has 1 N–H and O–H groups in total. The Hall–Kier alpha value is -0.650. The molecule has 1 saturated carbocycles. The van der Waals surface area contributed by atoms with Crippen LogP contribution in [-0.2, 0) is 14.3 Å². The summed E-state index contributed by atoms with van der Waals surface area (Å²) in [6.07, 6.45) is 3.33. The molecule has 1 spiro atoms. The van der Waals surface area contributed by atoms with Gasteiger partial charge in [0.15, 0.2) is 12.0 Å². The number of hydrogen-bond donors (Lipinski definition) is 1. The van der Waals surface area contributed by atoms with Crippen LogP contribution >= 0.6 is 0 Å². The van der Waals surface area contributed by atoms with Crippen LogP contribution in [-0.4, -0.2) is 47.2 Å². The Bertz CT molecular complexity index is 410. The van der Waals surface area contributed by atoms with E-state index in [2.05, 4.69) is 20.8 Å². The molecule has 134 valence electrons. The summed E-state index contributed by atoms with van der Waals surface area (Å²) in [5, 5.41) is 10.5. The SMILES string of the molecule is CCCN(C(C)=O)C(O)C1COC2(CCC(C(C)(C)C)CC2)O1. The summed E-state index contributed by atoms with van der Waals surface area (Å²) in [6.45, 7) is 11.2. The molecule has 0 aromatic heterocycles. The van der Waals surface area contributed by atoms with Crippen molar-refractivity contribution in [3.8, 4) is 0 Å². The molecule has 23 heavy (non-hydrogen) atoms. The van der Waals surface area contributed by atoms with Crippen molar-refractivity contribution in [1.82, 2.24) is 4.90 Å². The lowest BCUT2D eigenvalue weighted by Crippen LogP contribution is -2.48. The summed E-state index contributed by atoms with van der Waals surface area (Å²) >= 11 is 0. The van der Waals surface area contributed by atoms with Gasteiger partial charge in [-0.3, -0.25) is 4.79 Å². The van der Waals surface area contributed by atoms with Gasteiger partial charge in [0.25, 0.3) is 0 Å². The average Bonchev–Trinajstić information content (AvgIpc) is 2.87. The second kappa shape index (κ2) is 7.08. The van der Waals surface area contributed by atoms with Gasteiger partial charge in [-0.1, -0.05) is 27.7 Å². The highest BCUT2D eigenvalue weighted by atomic mass is 16.7. The number of ether oxygens (including phenoxy) is 2. The maximum Gasteiger partial charge on any atom is 0.221 e. The number of nitrogens with zero attached hydrogens (tertiary/aromatic N) is 1. The number of rotatable bonds is 4. The Labute approximate surface area is 140 Å². The third-order valence-electron chi connectivity index (χ3n) is 5.37. The van der Waals surface area contributed by atoms with Gasteiger partial charge in [0.2, 0.25) is 5.91 Å². The van der Waals surface area contributed by atoms with Gasteiger partial charge in [0, 0.05) is 26.3 Å². The Morgan fingerprint density at radius 1 is 1.35 bits per heavy atom. The molecular formula is C18H33NO4. The molecule has 2 aliphatic rings. The highest BCUT2D eigenvalue weighted by molar-refractivity contribution is 5.73. The van der Waals surface area contributed by atoms with E-state index in [0.717, 1.165) is 32.1 Å². The van der Waals surface area contributed by atoms with Crippen molar-refractivity contribution < 1.29 is 19.4 Å². The zero-order chi connectivity index (χ0) is 17.3. The first-order valence-electron chi connectivity index (χ1n) is 8.95. The van der Waals surface area contributed by atoms with E-state index in [1.165, 1.54) is 11.8 Å². The molecule has 0 bridgehead atoms. The zero-order valence-electron chi connectivity index (χ0n) is 15.3. The largest absolute Gasteiger partial charge is 0.371 e. The van der Waals surface area contributed by atoms with E-state index in [1.54, 1.807) is 0 Å². The number of aliphatic hydroxyl groups is 1. The second-order valence-electron chi connectivity index (χ2n) is 8.14. The van der Waals surface area contributed by atoms with Gasteiger partial charge in [-0.05, 0) is 30.6 Å². The molecule has 5 nitrogen and oxygen atoms in total. The summed E-state index contributed by atoms with van der Waals surface area (Å²) in [4.78, 5) is 13.2. The molecule has 0 radical (unpaired) electrons. The highest BCUT2D eigenvalue weighted by Gasteiger charge is 2.48. The third-order valence-corrected chi connectivity index (χ3v) is 5.37. The van der Waals surface area contributed by atoms with E-state index in [0.29, 0.717) is 24.5 Å². The van der Waals surface area contributed by atoms with Crippen molar-refractivity contribution >= 4 is 5.91 Å². The van der Waals surface area contributed by atoms with Crippen molar-refractivity contribution in [2.75, 3.05) is 13.2 Å². The van der Waals surface area contributed by atoms with Crippen molar-refractivity contribution in [3.05, 3.63) is 0 Å². The first-order valence-corrected chi connectivity index (χ1v) is 8.95. The van der Waals surface area contributed by atoms with E-state index >= 15 is 0 Å². The van der Waals surface area contributed by atoms with Gasteiger partial charge in [-0.15, -0.1) is 0 Å². The normalized spacial score (nSPS) is 33.0. The van der Waals surface area contributed by atoms with E-state index in [4.69, 9.17) is 9.47 Å². The summed E-state index contributed by atoms with van der Waals surface area (Å²) < 4.78 is 12.1. The smallest absolute Gasteiger partial charge is 0.221 e. The molecule has 2 rings (SSSR count). The Morgan fingerprint density at radius 3 is 2.43 bits per heavy atom. The van der Waals surface area contributed by atoms with Crippen LogP contribution in [0, 0.1) is 11.3 Å². The van der Waals surface area contributed by atoms with Gasteiger partial charge in [-0.2, -0.15) is 0 Å². The minimum atomic E-state index is -0.924. The van der Waals surface area contributed by atoms with E-state index in [1.807, 2.05) is 6.92 Å². The summed E-state index contributed by atoms with van der Waals surface area (Å²) in [7, 11) is 0. The lowest BCUT2D eigenvalue weighted by atomic mass is 9.71. The predicted octanol–water partition coefficient (Wildman–Crippen LogP) is 2.91. The number of carbonyl (C=O) groups excluding carboxylic acids is 1. The van der Waals surface area contributed by atoms with Crippen LogP contribution in [0.1, 0.15) is 66.7 Å². The number of amides is 1. The molecule has 1 aliphatic heterocycles. The molecule has 0 aromatic rings. The lowest BCUT2D eigenvalue weighted by Gasteiger charge is -2.41. The Balaban J connectivity index is 1.94. The minimum absolute atomic E-state index is 0.125. The number of carbonyl (C=O) groups is 1. The zero-order valence-corrected chi connectivity index (χ0v) is 15.3. The molecule has 2 atom stereocenters. The van der Waals surface area contributed by atoms with Crippen LogP contribution in [0.25, 0.3) is 0 Å². The lowest BCUT2D eigenvalue weighted by molar-refractivity contribution is -0.213. The maximum atomic E-state index is 11.7. The van der Waals surface area contributed by atoms with Crippen LogP contribution in [0.3, 0.4) is 0 Å². The molecule has 2 fully saturated rings. The predicted molar refractivity (Wildman–Crippen MR) is 88.7 cm³/mol. The Morgan fingerprint density at radius 2 is 1.96 bits per heavy atom. The Kier molecular flexibility index (Phi) is 5.75. The second-order valence-corrected chi connectivity index (χ2v) is 8.14. The van der Waals surface area contributed by atoms with Crippen molar-refractivity contribution in [2.45, 2.75) is 84.8 Å². The maximum absolute atomic E-state index is 11.7. The highest BCUT2D eigenvalue weighted by Crippen LogP contribution is 2.46. The fraction of sp³-hybridized carbons (Fsp3) is 0.944. The topological polar surface area (TPSA) is 59.0 Å². The molecule has 1 saturated heterocycles. The van der Waals surface area contributed by atoms with Gasteiger partial charge in [0.1, 0.15) is 6.10 Å². The quantitative estimate of drug-likeness (QED) is 0.807. The first kappa shape index (κ1) is 18.7. The summed E-state index contributed by atoms with van der Waals surface area (Å²) in [5.41, 5.74) is 0.311. The fourth-order valence-electron chi connectivity index (χ4n) is 3.83. The van der Waals surface area contributed by atoms with Crippen molar-refractivity contribution in [2.24, 2.45) is 11.3 Å².